The SMILES string of the molecule is COc1ccc(-c2csc(NC(=O)C(C)Sc3ccc(NC(=O)c4ccccc4F)cc3)n2)cc1. The van der Waals surface area contributed by atoms with Crippen molar-refractivity contribution in [1.82, 2.24) is 4.98 Å². The maximum atomic E-state index is 13.8. The van der Waals surface area contributed by atoms with E-state index in [1.165, 1.54) is 41.3 Å². The van der Waals surface area contributed by atoms with Crippen LogP contribution in [0.25, 0.3) is 11.3 Å². The summed E-state index contributed by atoms with van der Waals surface area (Å²) < 4.78 is 19.0. The fourth-order valence-electron chi connectivity index (χ4n) is 3.15. The third kappa shape index (κ3) is 6.26. The molecule has 9 heteroatoms. The summed E-state index contributed by atoms with van der Waals surface area (Å²) in [6, 6.07) is 20.4. The van der Waals surface area contributed by atoms with Crippen molar-refractivity contribution in [2.24, 2.45) is 0 Å². The number of thiazole rings is 1. The maximum Gasteiger partial charge on any atom is 0.258 e. The molecule has 2 amide bonds. The molecule has 1 aromatic heterocycles. The molecule has 0 spiro atoms. The predicted octanol–water partition coefficient (Wildman–Crippen LogP) is 6.33. The Kier molecular flexibility index (Phi) is 7.79. The van der Waals surface area contributed by atoms with Gasteiger partial charge in [-0.3, -0.25) is 9.59 Å². The largest absolute Gasteiger partial charge is 0.497 e. The number of anilines is 2. The highest BCUT2D eigenvalue weighted by molar-refractivity contribution is 8.00. The number of carbonyl (C=O) groups is 2. The van der Waals surface area contributed by atoms with Gasteiger partial charge >= 0.3 is 0 Å². The summed E-state index contributed by atoms with van der Waals surface area (Å²) in [5, 5.41) is 7.59. The van der Waals surface area contributed by atoms with E-state index in [2.05, 4.69) is 15.6 Å². The van der Waals surface area contributed by atoms with Gasteiger partial charge in [-0.1, -0.05) is 12.1 Å². The van der Waals surface area contributed by atoms with E-state index in [0.29, 0.717) is 10.8 Å². The molecule has 0 aliphatic rings. The first-order valence-electron chi connectivity index (χ1n) is 10.7. The zero-order valence-electron chi connectivity index (χ0n) is 18.9. The highest BCUT2D eigenvalue weighted by Crippen LogP contribution is 2.29. The smallest absolute Gasteiger partial charge is 0.258 e. The molecule has 0 saturated heterocycles. The summed E-state index contributed by atoms with van der Waals surface area (Å²) in [6.45, 7) is 1.81. The molecule has 1 heterocycles. The van der Waals surface area contributed by atoms with Crippen molar-refractivity contribution in [3.05, 3.63) is 89.6 Å². The van der Waals surface area contributed by atoms with Crippen LogP contribution in [0.15, 0.2) is 83.1 Å². The summed E-state index contributed by atoms with van der Waals surface area (Å²) in [5.41, 5.74) is 2.23. The molecule has 2 N–H and O–H groups in total. The van der Waals surface area contributed by atoms with Crippen LogP contribution in [0.2, 0.25) is 0 Å². The lowest BCUT2D eigenvalue weighted by Crippen LogP contribution is -2.22. The van der Waals surface area contributed by atoms with Gasteiger partial charge in [0.2, 0.25) is 5.91 Å². The van der Waals surface area contributed by atoms with E-state index < -0.39 is 11.7 Å². The van der Waals surface area contributed by atoms with Crippen molar-refractivity contribution in [2.75, 3.05) is 17.7 Å². The average Bonchev–Trinajstić information content (AvgIpc) is 3.34. The van der Waals surface area contributed by atoms with Crippen molar-refractivity contribution in [2.45, 2.75) is 17.1 Å². The molecule has 0 bridgehead atoms. The summed E-state index contributed by atoms with van der Waals surface area (Å²) in [5.74, 6) is -0.492. The number of rotatable bonds is 8. The molecule has 3 aromatic carbocycles. The quantitative estimate of drug-likeness (QED) is 0.273. The normalized spacial score (nSPS) is 11.5. The second-order valence-electron chi connectivity index (χ2n) is 7.47. The van der Waals surface area contributed by atoms with Crippen LogP contribution in [0, 0.1) is 5.82 Å². The molecule has 1 unspecified atom stereocenters. The minimum Gasteiger partial charge on any atom is -0.497 e. The van der Waals surface area contributed by atoms with Gasteiger partial charge in [-0.15, -0.1) is 23.1 Å². The molecule has 4 aromatic rings. The maximum absolute atomic E-state index is 13.8. The van der Waals surface area contributed by atoms with Crippen molar-refractivity contribution >= 4 is 45.7 Å². The van der Waals surface area contributed by atoms with E-state index in [1.807, 2.05) is 36.6 Å². The average molecular weight is 508 g/mol. The van der Waals surface area contributed by atoms with Gasteiger partial charge in [0.25, 0.3) is 5.91 Å². The number of thioether (sulfide) groups is 1. The Hall–Kier alpha value is -3.69. The minimum atomic E-state index is -0.576. The summed E-state index contributed by atoms with van der Waals surface area (Å²) in [6.07, 6.45) is 0. The van der Waals surface area contributed by atoms with Crippen LogP contribution in [-0.4, -0.2) is 29.2 Å². The van der Waals surface area contributed by atoms with Crippen LogP contribution in [0.3, 0.4) is 0 Å². The first-order chi connectivity index (χ1) is 16.9. The van der Waals surface area contributed by atoms with Gasteiger partial charge in [0.15, 0.2) is 5.13 Å². The summed E-state index contributed by atoms with van der Waals surface area (Å²) in [4.78, 5) is 30.3. The van der Waals surface area contributed by atoms with Crippen LogP contribution in [0.1, 0.15) is 17.3 Å². The fraction of sp³-hybridized carbons (Fsp3) is 0.115. The Morgan fingerprint density at radius 2 is 1.71 bits per heavy atom. The number of nitrogens with one attached hydrogen (secondary N) is 2. The molecule has 0 fully saturated rings. The van der Waals surface area contributed by atoms with E-state index in [4.69, 9.17) is 4.74 Å². The monoisotopic (exact) mass is 507 g/mol. The Bertz CT molecular complexity index is 1320. The van der Waals surface area contributed by atoms with Gasteiger partial charge in [-0.05, 0) is 67.6 Å². The molecule has 0 radical (unpaired) electrons. The number of benzene rings is 3. The van der Waals surface area contributed by atoms with Gasteiger partial charge < -0.3 is 15.4 Å². The summed E-state index contributed by atoms with van der Waals surface area (Å²) in [7, 11) is 1.62. The van der Waals surface area contributed by atoms with Gasteiger partial charge in [0, 0.05) is 21.5 Å². The minimum absolute atomic E-state index is 0.0198. The summed E-state index contributed by atoms with van der Waals surface area (Å²) >= 11 is 2.75. The number of halogens is 1. The zero-order chi connectivity index (χ0) is 24.8. The number of nitrogens with zero attached hydrogens (tertiary/aromatic N) is 1. The third-order valence-corrected chi connectivity index (χ3v) is 6.90. The van der Waals surface area contributed by atoms with Crippen molar-refractivity contribution in [3.63, 3.8) is 0 Å². The molecule has 0 aliphatic heterocycles. The van der Waals surface area contributed by atoms with Crippen molar-refractivity contribution in [1.29, 1.82) is 0 Å². The highest BCUT2D eigenvalue weighted by Gasteiger charge is 2.17. The molecule has 4 rings (SSSR count). The Balaban J connectivity index is 1.32. The van der Waals surface area contributed by atoms with Crippen LogP contribution >= 0.6 is 23.1 Å². The highest BCUT2D eigenvalue weighted by atomic mass is 32.2. The van der Waals surface area contributed by atoms with E-state index in [0.717, 1.165) is 21.9 Å². The molecule has 0 saturated carbocycles. The first-order valence-corrected chi connectivity index (χ1v) is 12.4. The Morgan fingerprint density at radius 1 is 1.00 bits per heavy atom. The molecule has 178 valence electrons. The van der Waals surface area contributed by atoms with Gasteiger partial charge in [-0.25, -0.2) is 9.37 Å². The fourth-order valence-corrected chi connectivity index (χ4v) is 4.74. The number of hydrogen-bond donors (Lipinski definition) is 2. The number of methoxy groups -OCH3 is 1. The van der Waals surface area contributed by atoms with E-state index in [9.17, 15) is 14.0 Å². The standard InChI is InChI=1S/C26H22FN3O3S2/c1-16(24(31)30-26-29-23(15-34-26)17-7-11-19(33-2)12-8-17)35-20-13-9-18(10-14-20)28-25(32)21-5-3-4-6-22(21)27/h3-16H,1-2H3,(H,28,32)(H,29,30,31). The second-order valence-corrected chi connectivity index (χ2v) is 9.75. The topological polar surface area (TPSA) is 80.3 Å². The molecule has 35 heavy (non-hydrogen) atoms. The van der Waals surface area contributed by atoms with E-state index in [1.54, 1.807) is 37.4 Å². The first kappa shape index (κ1) is 24.4. The lowest BCUT2D eigenvalue weighted by atomic mass is 10.2. The molecular formula is C26H22FN3O3S2. The predicted molar refractivity (Wildman–Crippen MR) is 139 cm³/mol. The van der Waals surface area contributed by atoms with Gasteiger partial charge in [0.1, 0.15) is 11.6 Å². The van der Waals surface area contributed by atoms with Gasteiger partial charge in [0.05, 0.1) is 23.6 Å². The molecular weight excluding hydrogens is 485 g/mol. The lowest BCUT2D eigenvalue weighted by molar-refractivity contribution is -0.115. The lowest BCUT2D eigenvalue weighted by Gasteiger charge is -2.11. The number of aromatic nitrogens is 1. The molecule has 6 nitrogen and oxygen atoms in total. The number of ether oxygens (including phenoxy) is 1. The van der Waals surface area contributed by atoms with Crippen molar-refractivity contribution in [3.8, 4) is 17.0 Å². The van der Waals surface area contributed by atoms with E-state index >= 15 is 0 Å². The number of hydrogen-bond acceptors (Lipinski definition) is 6. The van der Waals surface area contributed by atoms with Crippen LogP contribution in [0.5, 0.6) is 5.75 Å². The second kappa shape index (κ2) is 11.2. The molecule has 0 aliphatic carbocycles. The van der Waals surface area contributed by atoms with Crippen molar-refractivity contribution < 1.29 is 18.7 Å². The van der Waals surface area contributed by atoms with Crippen LogP contribution < -0.4 is 15.4 Å². The third-order valence-electron chi connectivity index (χ3n) is 5.03. The van der Waals surface area contributed by atoms with Crippen LogP contribution in [0.4, 0.5) is 15.2 Å². The zero-order valence-corrected chi connectivity index (χ0v) is 20.6. The number of carbonyl (C=O) groups excluding carboxylic acids is 2. The van der Waals surface area contributed by atoms with E-state index in [-0.39, 0.29) is 16.7 Å². The van der Waals surface area contributed by atoms with Crippen LogP contribution in [-0.2, 0) is 4.79 Å². The number of amides is 2. The Morgan fingerprint density at radius 3 is 2.40 bits per heavy atom. The van der Waals surface area contributed by atoms with Gasteiger partial charge in [-0.2, -0.15) is 0 Å². The molecule has 1 atom stereocenters. The Labute approximate surface area is 210 Å².